The molecule has 0 aliphatic carbocycles. The summed E-state index contributed by atoms with van der Waals surface area (Å²) in [6, 6.07) is 11.0. The van der Waals surface area contributed by atoms with E-state index in [1.807, 2.05) is 36.1 Å². The molecule has 1 aliphatic rings. The molecule has 0 bridgehead atoms. The minimum Gasteiger partial charge on any atom is -0.347 e. The number of rotatable bonds is 6. The van der Waals surface area contributed by atoms with E-state index >= 15 is 0 Å². The molecule has 1 aliphatic heterocycles. The molecule has 6 heteroatoms. The number of carbonyl (C=O) groups is 2. The summed E-state index contributed by atoms with van der Waals surface area (Å²) in [5.74, 6) is -0.427. The Bertz CT molecular complexity index is 921. The predicted octanol–water partition coefficient (Wildman–Crippen LogP) is 2.88. The van der Waals surface area contributed by atoms with Crippen LogP contribution in [-0.4, -0.2) is 30.8 Å². The number of carbonyl (C=O) groups excluding carboxylic acids is 2. The van der Waals surface area contributed by atoms with Gasteiger partial charge in [-0.1, -0.05) is 12.1 Å². The Balaban J connectivity index is 1.49. The first-order valence-electron chi connectivity index (χ1n) is 8.71. The molecule has 0 fully saturated rings. The van der Waals surface area contributed by atoms with Gasteiger partial charge in [-0.2, -0.15) is 0 Å². The second-order valence-electron chi connectivity index (χ2n) is 6.51. The normalized spacial score (nSPS) is 13.5. The Kier molecular flexibility index (Phi) is 4.16. The van der Waals surface area contributed by atoms with Gasteiger partial charge in [-0.25, -0.2) is 4.98 Å². The molecule has 26 heavy (non-hydrogen) atoms. The number of amides is 2. The molecule has 4 rings (SSSR count). The summed E-state index contributed by atoms with van der Waals surface area (Å²) < 4.78 is 4.23. The summed E-state index contributed by atoms with van der Waals surface area (Å²) in [6.07, 6.45) is 6.47. The van der Waals surface area contributed by atoms with Crippen LogP contribution in [0.3, 0.4) is 0 Å². The number of imide groups is 1. The fourth-order valence-electron chi connectivity index (χ4n) is 3.46. The average Bonchev–Trinajstić information content (AvgIpc) is 3.34. The molecule has 0 saturated carbocycles. The zero-order valence-corrected chi connectivity index (χ0v) is 14.6. The van der Waals surface area contributed by atoms with Crippen molar-refractivity contribution in [3.8, 4) is 0 Å². The summed E-state index contributed by atoms with van der Waals surface area (Å²) in [7, 11) is 0. The number of imidazole rings is 1. The number of benzene rings is 1. The van der Waals surface area contributed by atoms with Crippen LogP contribution in [0, 0.1) is 6.92 Å². The van der Waals surface area contributed by atoms with Crippen LogP contribution >= 0.6 is 0 Å². The first-order chi connectivity index (χ1) is 12.6. The van der Waals surface area contributed by atoms with Gasteiger partial charge in [0.05, 0.1) is 24.0 Å². The van der Waals surface area contributed by atoms with Crippen LogP contribution in [0.25, 0.3) is 0 Å². The molecule has 0 radical (unpaired) electrons. The van der Waals surface area contributed by atoms with Crippen LogP contribution in [0.15, 0.2) is 55.1 Å². The van der Waals surface area contributed by atoms with E-state index in [1.54, 1.807) is 30.5 Å². The van der Waals surface area contributed by atoms with Crippen LogP contribution in [0.1, 0.15) is 38.5 Å². The molecule has 132 valence electrons. The number of hydrogen-bond acceptors (Lipinski definition) is 3. The van der Waals surface area contributed by atoms with E-state index in [0.29, 0.717) is 17.7 Å². The molecular formula is C20H20N4O2. The first kappa shape index (κ1) is 16.3. The smallest absolute Gasteiger partial charge is 0.261 e. The summed E-state index contributed by atoms with van der Waals surface area (Å²) in [5.41, 5.74) is 3.09. The Morgan fingerprint density at radius 2 is 1.69 bits per heavy atom. The van der Waals surface area contributed by atoms with E-state index in [-0.39, 0.29) is 11.8 Å². The van der Waals surface area contributed by atoms with E-state index in [9.17, 15) is 9.59 Å². The van der Waals surface area contributed by atoms with Gasteiger partial charge in [0.15, 0.2) is 0 Å². The van der Waals surface area contributed by atoms with Crippen LogP contribution in [0.4, 0.5) is 0 Å². The third-order valence-corrected chi connectivity index (χ3v) is 4.84. The fraction of sp³-hybridized carbons (Fsp3) is 0.250. The molecule has 0 N–H and O–H groups in total. The van der Waals surface area contributed by atoms with Crippen LogP contribution < -0.4 is 0 Å². The Labute approximate surface area is 151 Å². The van der Waals surface area contributed by atoms with Gasteiger partial charge in [0.2, 0.25) is 0 Å². The second kappa shape index (κ2) is 6.63. The average molecular weight is 348 g/mol. The molecule has 0 spiro atoms. The van der Waals surface area contributed by atoms with Crippen molar-refractivity contribution in [2.75, 3.05) is 0 Å². The highest BCUT2D eigenvalue weighted by Gasteiger charge is 2.35. The standard InChI is InChI=1S/C20H20N4O2/c1-15-7-8-16(23(15)11-4-10-22-12-9-21-14-22)13-24-19(25)17-5-2-3-6-18(17)20(24)26/h2-3,5-9,12,14H,4,10-11,13H2,1H3. The number of aryl methyl sites for hydroxylation is 2. The minimum absolute atomic E-state index is 0.214. The Hall–Kier alpha value is -3.15. The topological polar surface area (TPSA) is 60.1 Å². The lowest BCUT2D eigenvalue weighted by Crippen LogP contribution is -2.30. The quantitative estimate of drug-likeness (QED) is 0.644. The minimum atomic E-state index is -0.214. The van der Waals surface area contributed by atoms with Crippen molar-refractivity contribution in [3.63, 3.8) is 0 Å². The molecule has 0 unspecified atom stereocenters. The predicted molar refractivity (Wildman–Crippen MR) is 96.7 cm³/mol. The zero-order chi connectivity index (χ0) is 18.1. The van der Waals surface area contributed by atoms with E-state index in [2.05, 4.69) is 9.55 Å². The van der Waals surface area contributed by atoms with Gasteiger partial charge in [-0.15, -0.1) is 0 Å². The van der Waals surface area contributed by atoms with Crippen molar-refractivity contribution in [3.05, 3.63) is 77.6 Å². The molecule has 1 aromatic carbocycles. The van der Waals surface area contributed by atoms with Gasteiger partial charge >= 0.3 is 0 Å². The summed E-state index contributed by atoms with van der Waals surface area (Å²) in [4.78, 5) is 30.6. The molecule has 3 aromatic rings. The molecule has 0 atom stereocenters. The highest BCUT2D eigenvalue weighted by molar-refractivity contribution is 6.21. The lowest BCUT2D eigenvalue weighted by atomic mass is 10.1. The van der Waals surface area contributed by atoms with Crippen molar-refractivity contribution in [2.24, 2.45) is 0 Å². The second-order valence-corrected chi connectivity index (χ2v) is 6.51. The number of fused-ring (bicyclic) bond motifs is 1. The number of aromatic nitrogens is 3. The van der Waals surface area contributed by atoms with Gasteiger partial charge in [0, 0.05) is 36.9 Å². The Morgan fingerprint density at radius 3 is 2.35 bits per heavy atom. The monoisotopic (exact) mass is 348 g/mol. The SMILES string of the molecule is Cc1ccc(CN2C(=O)c3ccccc3C2=O)n1CCCn1ccnc1. The lowest BCUT2D eigenvalue weighted by molar-refractivity contribution is 0.0638. The number of nitrogens with zero attached hydrogens (tertiary/aromatic N) is 4. The van der Waals surface area contributed by atoms with Gasteiger partial charge in [0.1, 0.15) is 0 Å². The lowest BCUT2D eigenvalue weighted by Gasteiger charge is -2.17. The third kappa shape index (κ3) is 2.83. The van der Waals surface area contributed by atoms with Crippen LogP contribution in [0.5, 0.6) is 0 Å². The van der Waals surface area contributed by atoms with Gasteiger partial charge < -0.3 is 9.13 Å². The van der Waals surface area contributed by atoms with Crippen molar-refractivity contribution in [2.45, 2.75) is 33.0 Å². The van der Waals surface area contributed by atoms with Crippen LogP contribution in [0.2, 0.25) is 0 Å². The van der Waals surface area contributed by atoms with E-state index in [0.717, 1.165) is 30.9 Å². The van der Waals surface area contributed by atoms with Crippen LogP contribution in [-0.2, 0) is 19.6 Å². The molecule has 0 saturated heterocycles. The molecule has 3 heterocycles. The molecule has 2 amide bonds. The summed E-state index contributed by atoms with van der Waals surface area (Å²) in [5, 5.41) is 0. The third-order valence-electron chi connectivity index (χ3n) is 4.84. The highest BCUT2D eigenvalue weighted by atomic mass is 16.2. The molecule has 2 aromatic heterocycles. The maximum absolute atomic E-state index is 12.6. The van der Waals surface area contributed by atoms with E-state index in [1.165, 1.54) is 4.90 Å². The van der Waals surface area contributed by atoms with Gasteiger partial charge in [-0.05, 0) is 37.6 Å². The zero-order valence-electron chi connectivity index (χ0n) is 14.6. The van der Waals surface area contributed by atoms with E-state index in [4.69, 9.17) is 0 Å². The largest absolute Gasteiger partial charge is 0.347 e. The molecular weight excluding hydrogens is 328 g/mol. The van der Waals surface area contributed by atoms with E-state index < -0.39 is 0 Å². The maximum Gasteiger partial charge on any atom is 0.261 e. The van der Waals surface area contributed by atoms with Crippen molar-refractivity contribution in [1.82, 2.24) is 19.0 Å². The van der Waals surface area contributed by atoms with Gasteiger partial charge in [0.25, 0.3) is 11.8 Å². The number of hydrogen-bond donors (Lipinski definition) is 0. The van der Waals surface area contributed by atoms with Crippen molar-refractivity contribution >= 4 is 11.8 Å². The molecule has 6 nitrogen and oxygen atoms in total. The van der Waals surface area contributed by atoms with Crippen molar-refractivity contribution in [1.29, 1.82) is 0 Å². The maximum atomic E-state index is 12.6. The summed E-state index contributed by atoms with van der Waals surface area (Å²) >= 11 is 0. The highest BCUT2D eigenvalue weighted by Crippen LogP contribution is 2.25. The Morgan fingerprint density at radius 1 is 0.962 bits per heavy atom. The van der Waals surface area contributed by atoms with Gasteiger partial charge in [-0.3, -0.25) is 14.5 Å². The summed E-state index contributed by atoms with van der Waals surface area (Å²) in [6.45, 7) is 4.05. The first-order valence-corrected chi connectivity index (χ1v) is 8.71. The fourth-order valence-corrected chi connectivity index (χ4v) is 3.46. The van der Waals surface area contributed by atoms with Crippen molar-refractivity contribution < 1.29 is 9.59 Å².